The van der Waals surface area contributed by atoms with Crippen molar-refractivity contribution in [2.75, 3.05) is 0 Å². The van der Waals surface area contributed by atoms with Crippen molar-refractivity contribution in [3.63, 3.8) is 0 Å². The Bertz CT molecular complexity index is 332. The van der Waals surface area contributed by atoms with Gasteiger partial charge in [-0.1, -0.05) is 0 Å². The van der Waals surface area contributed by atoms with E-state index in [0.717, 1.165) is 5.82 Å². The van der Waals surface area contributed by atoms with E-state index in [-0.39, 0.29) is 0 Å². The Morgan fingerprint density at radius 1 is 1.27 bits per heavy atom. The summed E-state index contributed by atoms with van der Waals surface area (Å²) >= 11 is 0. The zero-order chi connectivity index (χ0) is 7.68. The van der Waals surface area contributed by atoms with E-state index < -0.39 is 0 Å². The maximum atomic E-state index is 4.12. The topological polar surface area (TPSA) is 22.8 Å². The molecule has 0 aliphatic rings. The second-order valence-electron chi connectivity index (χ2n) is 2.43. The molecule has 2 aromatic heterocycles. The van der Waals surface area contributed by atoms with Gasteiger partial charge in [0.25, 0.3) is 0 Å². The predicted octanol–water partition coefficient (Wildman–Crippen LogP) is 1.21. The SMILES string of the molecule is Cn1cccc1-n1cccn1. The monoisotopic (exact) mass is 147 g/mol. The van der Waals surface area contributed by atoms with E-state index in [4.69, 9.17) is 0 Å². The van der Waals surface area contributed by atoms with E-state index in [1.54, 1.807) is 6.20 Å². The zero-order valence-electron chi connectivity index (χ0n) is 6.31. The molecule has 0 spiro atoms. The number of hydrogen-bond donors (Lipinski definition) is 0. The number of aryl methyl sites for hydroxylation is 1. The second-order valence-corrected chi connectivity index (χ2v) is 2.43. The Morgan fingerprint density at radius 2 is 2.18 bits per heavy atom. The van der Waals surface area contributed by atoms with Gasteiger partial charge in [-0.15, -0.1) is 0 Å². The average Bonchev–Trinajstić information content (AvgIpc) is 2.55. The summed E-state index contributed by atoms with van der Waals surface area (Å²) in [5, 5.41) is 4.12. The third-order valence-electron chi connectivity index (χ3n) is 1.66. The van der Waals surface area contributed by atoms with E-state index in [1.165, 1.54) is 0 Å². The van der Waals surface area contributed by atoms with Crippen molar-refractivity contribution < 1.29 is 0 Å². The molecule has 2 heterocycles. The van der Waals surface area contributed by atoms with Gasteiger partial charge in [0.2, 0.25) is 0 Å². The van der Waals surface area contributed by atoms with Gasteiger partial charge in [-0.3, -0.25) is 0 Å². The predicted molar refractivity (Wildman–Crippen MR) is 42.5 cm³/mol. The number of aromatic nitrogens is 3. The van der Waals surface area contributed by atoms with E-state index in [2.05, 4.69) is 5.10 Å². The third kappa shape index (κ3) is 0.941. The van der Waals surface area contributed by atoms with Crippen LogP contribution in [0.3, 0.4) is 0 Å². The van der Waals surface area contributed by atoms with Gasteiger partial charge in [-0.25, -0.2) is 4.68 Å². The molecule has 0 N–H and O–H groups in total. The van der Waals surface area contributed by atoms with Crippen molar-refractivity contribution in [3.8, 4) is 5.82 Å². The van der Waals surface area contributed by atoms with Crippen LogP contribution in [0, 0.1) is 0 Å². The van der Waals surface area contributed by atoms with Crippen molar-refractivity contribution in [1.82, 2.24) is 14.3 Å². The zero-order valence-corrected chi connectivity index (χ0v) is 6.31. The molecule has 56 valence electrons. The number of nitrogens with zero attached hydrogens (tertiary/aromatic N) is 3. The normalized spacial score (nSPS) is 10.3. The van der Waals surface area contributed by atoms with Crippen LogP contribution in [0.15, 0.2) is 36.8 Å². The molecule has 11 heavy (non-hydrogen) atoms. The lowest BCUT2D eigenvalue weighted by Gasteiger charge is -2.00. The van der Waals surface area contributed by atoms with Crippen LogP contribution < -0.4 is 0 Å². The lowest BCUT2D eigenvalue weighted by molar-refractivity contribution is 0.774. The minimum atomic E-state index is 1.08. The molecule has 0 aliphatic heterocycles. The Kier molecular flexibility index (Phi) is 1.28. The maximum absolute atomic E-state index is 4.12. The lowest BCUT2D eigenvalue weighted by atomic mass is 10.6. The molecule has 0 aliphatic carbocycles. The average molecular weight is 147 g/mol. The molecule has 0 unspecified atom stereocenters. The molecule has 0 aromatic carbocycles. The van der Waals surface area contributed by atoms with Crippen LogP contribution in [-0.2, 0) is 7.05 Å². The van der Waals surface area contributed by atoms with Crippen molar-refractivity contribution in [1.29, 1.82) is 0 Å². The molecule has 0 radical (unpaired) electrons. The fraction of sp³-hybridized carbons (Fsp3) is 0.125. The molecule has 0 amide bonds. The van der Waals surface area contributed by atoms with E-state index in [1.807, 2.05) is 46.9 Å². The summed E-state index contributed by atoms with van der Waals surface area (Å²) in [6.07, 6.45) is 5.69. The van der Waals surface area contributed by atoms with E-state index >= 15 is 0 Å². The van der Waals surface area contributed by atoms with Gasteiger partial charge in [0.1, 0.15) is 5.82 Å². The van der Waals surface area contributed by atoms with Crippen LogP contribution in [0.2, 0.25) is 0 Å². The van der Waals surface area contributed by atoms with Crippen LogP contribution in [0.5, 0.6) is 0 Å². The number of rotatable bonds is 1. The van der Waals surface area contributed by atoms with Gasteiger partial charge in [0, 0.05) is 25.6 Å². The van der Waals surface area contributed by atoms with Crippen molar-refractivity contribution in [2.24, 2.45) is 7.05 Å². The molecule has 3 nitrogen and oxygen atoms in total. The van der Waals surface area contributed by atoms with Gasteiger partial charge < -0.3 is 4.57 Å². The van der Waals surface area contributed by atoms with Crippen LogP contribution >= 0.6 is 0 Å². The summed E-state index contributed by atoms with van der Waals surface area (Å²) in [6, 6.07) is 5.93. The summed E-state index contributed by atoms with van der Waals surface area (Å²) in [6.45, 7) is 0. The first-order valence-corrected chi connectivity index (χ1v) is 3.49. The summed E-state index contributed by atoms with van der Waals surface area (Å²) in [5.41, 5.74) is 0. The molecular weight excluding hydrogens is 138 g/mol. The fourth-order valence-corrected chi connectivity index (χ4v) is 1.09. The van der Waals surface area contributed by atoms with Gasteiger partial charge in [-0.2, -0.15) is 5.10 Å². The molecule has 2 rings (SSSR count). The standard InChI is InChI=1S/C8H9N3/c1-10-6-2-4-8(10)11-7-3-5-9-11/h2-7H,1H3. The van der Waals surface area contributed by atoms with Crippen molar-refractivity contribution >= 4 is 0 Å². The van der Waals surface area contributed by atoms with Gasteiger partial charge in [0.15, 0.2) is 0 Å². The van der Waals surface area contributed by atoms with Gasteiger partial charge in [0.05, 0.1) is 0 Å². The highest BCUT2D eigenvalue weighted by Crippen LogP contribution is 2.04. The molecule has 0 fully saturated rings. The first kappa shape index (κ1) is 6.22. The van der Waals surface area contributed by atoms with Gasteiger partial charge in [-0.05, 0) is 18.2 Å². The highest BCUT2D eigenvalue weighted by molar-refractivity contribution is 5.22. The van der Waals surface area contributed by atoms with Crippen LogP contribution in [0.1, 0.15) is 0 Å². The molecule has 2 aromatic rings. The molecule has 0 atom stereocenters. The minimum Gasteiger partial charge on any atom is -0.336 e. The molecule has 0 saturated carbocycles. The summed E-state index contributed by atoms with van der Waals surface area (Å²) < 4.78 is 3.85. The Hall–Kier alpha value is -1.51. The molecular formula is C8H9N3. The Balaban J connectivity index is 2.53. The van der Waals surface area contributed by atoms with Gasteiger partial charge >= 0.3 is 0 Å². The molecule has 0 bridgehead atoms. The lowest BCUT2D eigenvalue weighted by Crippen LogP contribution is -2.00. The minimum absolute atomic E-state index is 1.08. The Morgan fingerprint density at radius 3 is 2.73 bits per heavy atom. The summed E-state index contributed by atoms with van der Waals surface area (Å²) in [5.74, 6) is 1.08. The van der Waals surface area contributed by atoms with Crippen LogP contribution in [-0.4, -0.2) is 14.3 Å². The summed E-state index contributed by atoms with van der Waals surface area (Å²) in [7, 11) is 2.00. The molecule has 3 heteroatoms. The first-order chi connectivity index (χ1) is 5.38. The molecule has 0 saturated heterocycles. The van der Waals surface area contributed by atoms with Crippen molar-refractivity contribution in [2.45, 2.75) is 0 Å². The first-order valence-electron chi connectivity index (χ1n) is 3.49. The van der Waals surface area contributed by atoms with Crippen molar-refractivity contribution in [3.05, 3.63) is 36.8 Å². The quantitative estimate of drug-likeness (QED) is 0.594. The van der Waals surface area contributed by atoms with E-state index in [9.17, 15) is 0 Å². The summed E-state index contributed by atoms with van der Waals surface area (Å²) in [4.78, 5) is 0. The maximum Gasteiger partial charge on any atom is 0.133 e. The Labute approximate surface area is 64.9 Å². The highest BCUT2D eigenvalue weighted by atomic mass is 15.3. The largest absolute Gasteiger partial charge is 0.336 e. The number of hydrogen-bond acceptors (Lipinski definition) is 1. The van der Waals surface area contributed by atoms with E-state index in [0.29, 0.717) is 0 Å². The van der Waals surface area contributed by atoms with Crippen LogP contribution in [0.4, 0.5) is 0 Å². The second kappa shape index (κ2) is 2.27. The third-order valence-corrected chi connectivity index (χ3v) is 1.66. The smallest absolute Gasteiger partial charge is 0.133 e. The van der Waals surface area contributed by atoms with Crippen LogP contribution in [0.25, 0.3) is 5.82 Å². The highest BCUT2D eigenvalue weighted by Gasteiger charge is 1.96. The fourth-order valence-electron chi connectivity index (χ4n) is 1.09.